The van der Waals surface area contributed by atoms with E-state index in [-0.39, 0.29) is 12.5 Å². The first-order valence-electron chi connectivity index (χ1n) is 5.88. The van der Waals surface area contributed by atoms with Gasteiger partial charge in [-0.05, 0) is 24.6 Å². The van der Waals surface area contributed by atoms with Crippen molar-refractivity contribution < 1.29 is 9.90 Å². The van der Waals surface area contributed by atoms with E-state index in [0.29, 0.717) is 5.92 Å². The molecule has 3 rings (SSSR count). The van der Waals surface area contributed by atoms with Gasteiger partial charge in [-0.25, -0.2) is 0 Å². The van der Waals surface area contributed by atoms with E-state index in [4.69, 9.17) is 5.11 Å². The van der Waals surface area contributed by atoms with Gasteiger partial charge >= 0.3 is 5.97 Å². The van der Waals surface area contributed by atoms with E-state index in [1.165, 1.54) is 5.56 Å². The first-order valence-corrected chi connectivity index (χ1v) is 5.88. The number of rotatable bonds is 2. The van der Waals surface area contributed by atoms with E-state index in [1.807, 2.05) is 18.2 Å². The number of nitrogens with zero attached hydrogens (tertiary/aromatic N) is 1. The summed E-state index contributed by atoms with van der Waals surface area (Å²) in [6.45, 7) is 0.857. The molecule has 17 heavy (non-hydrogen) atoms. The molecule has 1 aromatic rings. The molecule has 1 saturated heterocycles. The summed E-state index contributed by atoms with van der Waals surface area (Å²) in [6.07, 6.45) is 1.12. The van der Waals surface area contributed by atoms with Crippen LogP contribution in [0.3, 0.4) is 0 Å². The Balaban J connectivity index is 1.94. The lowest BCUT2D eigenvalue weighted by molar-refractivity contribution is -0.137. The molecule has 0 bridgehead atoms. The van der Waals surface area contributed by atoms with Crippen molar-refractivity contribution in [3.8, 4) is 0 Å². The topological polar surface area (TPSA) is 61.7 Å². The number of hydrogen-bond donors (Lipinski definition) is 2. The van der Waals surface area contributed by atoms with Crippen LogP contribution in [-0.2, 0) is 4.79 Å². The molecule has 2 aliphatic rings. The third-order valence-corrected chi connectivity index (χ3v) is 3.48. The largest absolute Gasteiger partial charge is 0.481 e. The molecule has 88 valence electrons. The summed E-state index contributed by atoms with van der Waals surface area (Å²) in [5.41, 5.74) is 3.26. The number of aliphatic carboxylic acids is 1. The summed E-state index contributed by atoms with van der Waals surface area (Å²) in [6, 6.07) is 7.97. The molecular formula is C13H14N2O2. The van der Waals surface area contributed by atoms with Crippen molar-refractivity contribution in [2.24, 2.45) is 4.99 Å². The Morgan fingerprint density at radius 3 is 3.12 bits per heavy atom. The van der Waals surface area contributed by atoms with E-state index in [1.54, 1.807) is 0 Å². The zero-order valence-electron chi connectivity index (χ0n) is 9.39. The first kappa shape index (κ1) is 10.5. The quantitative estimate of drug-likeness (QED) is 0.812. The van der Waals surface area contributed by atoms with Gasteiger partial charge in [0.25, 0.3) is 0 Å². The summed E-state index contributed by atoms with van der Waals surface area (Å²) in [5.74, 6) is -0.460. The number of fused-ring (bicyclic) bond motifs is 3. The summed E-state index contributed by atoms with van der Waals surface area (Å²) in [7, 11) is 0. The minimum Gasteiger partial charge on any atom is -0.481 e. The molecular weight excluding hydrogens is 216 g/mol. The highest BCUT2D eigenvalue weighted by atomic mass is 16.4. The van der Waals surface area contributed by atoms with Gasteiger partial charge in [0.05, 0.1) is 18.2 Å². The Morgan fingerprint density at radius 1 is 1.47 bits per heavy atom. The summed E-state index contributed by atoms with van der Waals surface area (Å²) in [5, 5.41) is 12.2. The van der Waals surface area contributed by atoms with Gasteiger partial charge in [0.1, 0.15) is 0 Å². The van der Waals surface area contributed by atoms with Gasteiger partial charge in [-0.1, -0.05) is 18.2 Å². The average Bonchev–Trinajstić information content (AvgIpc) is 2.68. The van der Waals surface area contributed by atoms with Crippen LogP contribution in [0.4, 0.5) is 5.69 Å². The van der Waals surface area contributed by atoms with E-state index in [0.717, 1.165) is 24.4 Å². The van der Waals surface area contributed by atoms with Gasteiger partial charge < -0.3 is 10.4 Å². The molecule has 0 amide bonds. The molecule has 4 heteroatoms. The second kappa shape index (κ2) is 3.96. The lowest BCUT2D eigenvalue weighted by Gasteiger charge is -2.28. The lowest BCUT2D eigenvalue weighted by atomic mass is 9.85. The number of hydrogen-bond acceptors (Lipinski definition) is 3. The molecule has 1 aromatic carbocycles. The highest BCUT2D eigenvalue weighted by Crippen LogP contribution is 2.39. The molecule has 0 radical (unpaired) electrons. The van der Waals surface area contributed by atoms with Crippen molar-refractivity contribution in [3.63, 3.8) is 0 Å². The Morgan fingerprint density at radius 2 is 2.29 bits per heavy atom. The summed E-state index contributed by atoms with van der Waals surface area (Å²) in [4.78, 5) is 15.4. The number of nitrogens with one attached hydrogen (secondary N) is 1. The number of benzene rings is 1. The van der Waals surface area contributed by atoms with E-state index in [2.05, 4.69) is 16.4 Å². The van der Waals surface area contributed by atoms with Crippen molar-refractivity contribution in [3.05, 3.63) is 29.8 Å². The van der Waals surface area contributed by atoms with Crippen LogP contribution in [-0.4, -0.2) is 29.4 Å². The van der Waals surface area contributed by atoms with E-state index < -0.39 is 5.97 Å². The van der Waals surface area contributed by atoms with Crippen LogP contribution in [0.5, 0.6) is 0 Å². The number of carboxylic acid groups (broad SMARTS) is 1. The van der Waals surface area contributed by atoms with Crippen molar-refractivity contribution in [1.82, 2.24) is 5.32 Å². The number of aliphatic imine (C=N–C) groups is 1. The van der Waals surface area contributed by atoms with Crippen LogP contribution >= 0.6 is 0 Å². The first-order chi connectivity index (χ1) is 8.25. The normalized spacial score (nSPS) is 26.0. The molecule has 2 heterocycles. The van der Waals surface area contributed by atoms with Gasteiger partial charge in [0, 0.05) is 11.6 Å². The molecule has 0 aliphatic carbocycles. The maximum atomic E-state index is 10.8. The molecule has 2 N–H and O–H groups in total. The van der Waals surface area contributed by atoms with E-state index >= 15 is 0 Å². The minimum absolute atomic E-state index is 0.112. The van der Waals surface area contributed by atoms with Crippen LogP contribution in [0.1, 0.15) is 24.3 Å². The molecule has 0 saturated carbocycles. The number of carbonyl (C=O) groups is 1. The smallest absolute Gasteiger partial charge is 0.305 e. The van der Waals surface area contributed by atoms with Gasteiger partial charge in [0.2, 0.25) is 0 Å². The van der Waals surface area contributed by atoms with Crippen LogP contribution < -0.4 is 5.32 Å². The van der Waals surface area contributed by atoms with Gasteiger partial charge in [-0.2, -0.15) is 0 Å². The predicted octanol–water partition coefficient (Wildman–Crippen LogP) is 1.69. The minimum atomic E-state index is -0.776. The number of piperidine rings is 1. The zero-order chi connectivity index (χ0) is 11.8. The third kappa shape index (κ3) is 1.74. The van der Waals surface area contributed by atoms with E-state index in [9.17, 15) is 4.79 Å². The number of para-hydroxylation sites is 1. The monoisotopic (exact) mass is 230 g/mol. The Labute approximate surface area is 99.4 Å². The van der Waals surface area contributed by atoms with Crippen molar-refractivity contribution in [2.45, 2.75) is 24.8 Å². The molecule has 4 nitrogen and oxygen atoms in total. The van der Waals surface area contributed by atoms with Crippen LogP contribution in [0.15, 0.2) is 29.3 Å². The predicted molar refractivity (Wildman–Crippen MR) is 64.9 cm³/mol. The summed E-state index contributed by atoms with van der Waals surface area (Å²) >= 11 is 0. The molecule has 0 spiro atoms. The molecule has 2 atom stereocenters. The fourth-order valence-electron chi connectivity index (χ4n) is 2.74. The maximum absolute atomic E-state index is 10.8. The second-order valence-electron chi connectivity index (χ2n) is 4.54. The van der Waals surface area contributed by atoms with Crippen LogP contribution in [0.2, 0.25) is 0 Å². The Kier molecular flexibility index (Phi) is 2.44. The fraction of sp³-hybridized carbons (Fsp3) is 0.385. The average molecular weight is 230 g/mol. The van der Waals surface area contributed by atoms with Gasteiger partial charge in [-0.15, -0.1) is 0 Å². The fourth-order valence-corrected chi connectivity index (χ4v) is 2.74. The molecule has 2 unspecified atom stereocenters. The lowest BCUT2D eigenvalue weighted by Crippen LogP contribution is -2.45. The zero-order valence-corrected chi connectivity index (χ0v) is 9.39. The second-order valence-corrected chi connectivity index (χ2v) is 4.54. The standard InChI is InChI=1S/C13H14N2O2/c16-12(17)7-11-13-9(5-6-14-11)8-3-1-2-4-10(8)15-13/h1-4,9,11,14H,5-7H2,(H,16,17). The number of carboxylic acids is 1. The Bertz CT molecular complexity index is 496. The molecule has 2 aliphatic heterocycles. The van der Waals surface area contributed by atoms with Gasteiger partial charge in [0.15, 0.2) is 0 Å². The molecule has 0 aromatic heterocycles. The van der Waals surface area contributed by atoms with Crippen molar-refractivity contribution >= 4 is 17.4 Å². The summed E-state index contributed by atoms with van der Waals surface area (Å²) < 4.78 is 0. The third-order valence-electron chi connectivity index (χ3n) is 3.48. The maximum Gasteiger partial charge on any atom is 0.305 e. The SMILES string of the molecule is O=C(O)CC1NCCC2C1=Nc1ccccc12. The van der Waals surface area contributed by atoms with Crippen molar-refractivity contribution in [2.75, 3.05) is 6.54 Å². The highest BCUT2D eigenvalue weighted by molar-refractivity contribution is 6.03. The highest BCUT2D eigenvalue weighted by Gasteiger charge is 2.35. The Hall–Kier alpha value is -1.68. The van der Waals surface area contributed by atoms with Crippen molar-refractivity contribution in [1.29, 1.82) is 0 Å². The van der Waals surface area contributed by atoms with Crippen LogP contribution in [0, 0.1) is 0 Å². The van der Waals surface area contributed by atoms with Gasteiger partial charge in [-0.3, -0.25) is 9.79 Å². The molecule has 1 fully saturated rings. The van der Waals surface area contributed by atoms with Crippen LogP contribution in [0.25, 0.3) is 0 Å².